The van der Waals surface area contributed by atoms with Gasteiger partial charge in [0.05, 0.1) is 12.6 Å². The fourth-order valence-corrected chi connectivity index (χ4v) is 5.36. The lowest BCUT2D eigenvalue weighted by Crippen LogP contribution is -2.52. The molecule has 1 unspecified atom stereocenters. The van der Waals surface area contributed by atoms with Gasteiger partial charge in [-0.2, -0.15) is 13.2 Å². The maximum absolute atomic E-state index is 14.0. The van der Waals surface area contributed by atoms with Crippen molar-refractivity contribution in [2.45, 2.75) is 50.9 Å². The van der Waals surface area contributed by atoms with Gasteiger partial charge < -0.3 is 25.5 Å². The van der Waals surface area contributed by atoms with Crippen molar-refractivity contribution in [2.75, 3.05) is 32.7 Å². The average molecular weight is 561 g/mol. The highest BCUT2D eigenvalue weighted by molar-refractivity contribution is 5.96. The molecule has 0 radical (unpaired) electrons. The van der Waals surface area contributed by atoms with Crippen LogP contribution in [0.15, 0.2) is 35.2 Å². The van der Waals surface area contributed by atoms with Gasteiger partial charge in [0.15, 0.2) is 11.6 Å². The molecule has 13 heteroatoms. The van der Waals surface area contributed by atoms with E-state index in [0.717, 1.165) is 11.0 Å². The second kappa shape index (κ2) is 11.2. The van der Waals surface area contributed by atoms with Gasteiger partial charge in [0, 0.05) is 61.9 Å². The topological polar surface area (TPSA) is 90.1 Å². The molecule has 3 N–H and O–H groups in total. The van der Waals surface area contributed by atoms with E-state index < -0.39 is 59.2 Å². The Morgan fingerprint density at radius 1 is 1.08 bits per heavy atom. The van der Waals surface area contributed by atoms with Gasteiger partial charge in [-0.3, -0.25) is 9.59 Å². The predicted molar refractivity (Wildman–Crippen MR) is 128 cm³/mol. The second-order valence-electron chi connectivity index (χ2n) is 10.1. The Balaban J connectivity index is 1.57. The highest BCUT2D eigenvalue weighted by Crippen LogP contribution is 2.41. The number of fused-ring (bicyclic) bond motifs is 1. The summed E-state index contributed by atoms with van der Waals surface area (Å²) in [7, 11) is 0. The van der Waals surface area contributed by atoms with E-state index in [1.165, 1.54) is 9.80 Å². The SMILES string of the molecule is CCC1C=C(C(F)(F)F)N2CCN(C(=O)C[C@H](N)Cc3cc(F)c(F)cc3F)CC2=C1C(=O)N1CC[C@@H](O)C1. The molecule has 0 spiro atoms. The van der Waals surface area contributed by atoms with Gasteiger partial charge in [-0.25, -0.2) is 13.2 Å². The van der Waals surface area contributed by atoms with Gasteiger partial charge in [0.2, 0.25) is 5.91 Å². The number of hydrogen-bond donors (Lipinski definition) is 2. The van der Waals surface area contributed by atoms with E-state index in [0.29, 0.717) is 18.6 Å². The summed E-state index contributed by atoms with van der Waals surface area (Å²) in [6, 6.07) is 0.0855. The number of benzene rings is 1. The number of likely N-dealkylation sites (tertiary alicyclic amines) is 1. The van der Waals surface area contributed by atoms with Gasteiger partial charge in [0.1, 0.15) is 11.5 Å². The quantitative estimate of drug-likeness (QED) is 0.413. The third-order valence-electron chi connectivity index (χ3n) is 7.36. The number of carbonyl (C=O) groups is 2. The lowest BCUT2D eigenvalue weighted by Gasteiger charge is -2.44. The predicted octanol–water partition coefficient (Wildman–Crippen LogP) is 2.84. The van der Waals surface area contributed by atoms with E-state index in [9.17, 15) is 41.0 Å². The van der Waals surface area contributed by atoms with Crippen molar-refractivity contribution < 1.29 is 41.0 Å². The van der Waals surface area contributed by atoms with Crippen LogP contribution in [0.1, 0.15) is 31.7 Å². The lowest BCUT2D eigenvalue weighted by atomic mass is 9.87. The largest absolute Gasteiger partial charge is 0.431 e. The van der Waals surface area contributed by atoms with E-state index >= 15 is 0 Å². The van der Waals surface area contributed by atoms with E-state index in [1.807, 2.05) is 0 Å². The summed E-state index contributed by atoms with van der Waals surface area (Å²) in [4.78, 5) is 30.3. The summed E-state index contributed by atoms with van der Waals surface area (Å²) in [5.74, 6) is -5.47. The lowest BCUT2D eigenvalue weighted by molar-refractivity contribution is -0.135. The van der Waals surface area contributed by atoms with Crippen molar-refractivity contribution in [2.24, 2.45) is 11.7 Å². The molecule has 3 atom stereocenters. The molecule has 2 amide bonds. The summed E-state index contributed by atoms with van der Waals surface area (Å²) < 4.78 is 82.7. The average Bonchev–Trinajstić information content (AvgIpc) is 3.31. The number of nitrogens with zero attached hydrogens (tertiary/aromatic N) is 3. The molecule has 4 rings (SSSR count). The standard InChI is InChI=1S/C26H30F6N4O3/c1-2-14-9-22(26(30,31)32)36-6-5-34(13-21(36)24(14)25(39)35-4-3-17(37)12-35)23(38)10-16(33)7-15-8-19(28)20(29)11-18(15)27/h8-9,11,14,16-17,37H,2-7,10,12-13,33H2,1H3/t14?,16-,17-/m1/s1. The van der Waals surface area contributed by atoms with E-state index in [-0.39, 0.29) is 68.8 Å². The van der Waals surface area contributed by atoms with Crippen molar-refractivity contribution >= 4 is 11.8 Å². The van der Waals surface area contributed by atoms with Crippen LogP contribution >= 0.6 is 0 Å². The minimum atomic E-state index is -4.68. The maximum atomic E-state index is 14.0. The summed E-state index contributed by atoms with van der Waals surface area (Å²) in [6.45, 7) is 1.44. The third-order valence-corrected chi connectivity index (χ3v) is 7.36. The number of β-amino-alcohol motifs (C(OH)–C–C–N with tert-alkyl or cyclic N) is 1. The summed E-state index contributed by atoms with van der Waals surface area (Å²) >= 11 is 0. The Kier molecular flexibility index (Phi) is 8.31. The van der Waals surface area contributed by atoms with Gasteiger partial charge in [-0.1, -0.05) is 6.92 Å². The summed E-state index contributed by atoms with van der Waals surface area (Å²) in [5.41, 5.74) is 5.13. The number of rotatable bonds is 6. The van der Waals surface area contributed by atoms with Crippen molar-refractivity contribution in [3.05, 3.63) is 58.2 Å². The van der Waals surface area contributed by atoms with Crippen molar-refractivity contribution in [3.63, 3.8) is 0 Å². The van der Waals surface area contributed by atoms with Crippen LogP contribution in [-0.4, -0.2) is 82.7 Å². The number of nitrogens with two attached hydrogens (primary N) is 1. The van der Waals surface area contributed by atoms with Gasteiger partial charge >= 0.3 is 6.18 Å². The number of amides is 2. The zero-order valence-corrected chi connectivity index (χ0v) is 21.3. The van der Waals surface area contributed by atoms with Crippen LogP contribution < -0.4 is 5.73 Å². The molecule has 0 aliphatic carbocycles. The molecule has 1 aromatic carbocycles. The second-order valence-corrected chi connectivity index (χ2v) is 10.1. The Morgan fingerprint density at radius 2 is 1.77 bits per heavy atom. The van der Waals surface area contributed by atoms with E-state index in [1.54, 1.807) is 6.92 Å². The third kappa shape index (κ3) is 6.08. The monoisotopic (exact) mass is 560 g/mol. The molecule has 214 valence electrons. The number of allylic oxidation sites excluding steroid dienone is 2. The fraction of sp³-hybridized carbons (Fsp3) is 0.538. The smallest absolute Gasteiger partial charge is 0.391 e. The number of aliphatic hydroxyl groups excluding tert-OH is 1. The molecule has 3 aliphatic rings. The minimum absolute atomic E-state index is 0.0694. The van der Waals surface area contributed by atoms with Crippen molar-refractivity contribution in [1.82, 2.24) is 14.7 Å². The molecule has 3 heterocycles. The Labute approximate surface area is 221 Å². The number of alkyl halides is 3. The Morgan fingerprint density at radius 3 is 2.38 bits per heavy atom. The van der Waals surface area contributed by atoms with Gasteiger partial charge in [-0.05, 0) is 37.0 Å². The zero-order valence-electron chi connectivity index (χ0n) is 21.3. The Hall–Kier alpha value is -3.06. The van der Waals surface area contributed by atoms with Gasteiger partial charge in [0.25, 0.3) is 5.91 Å². The highest BCUT2D eigenvalue weighted by Gasteiger charge is 2.46. The van der Waals surface area contributed by atoms with Crippen LogP contribution in [-0.2, 0) is 16.0 Å². The van der Waals surface area contributed by atoms with Crippen LogP contribution in [0.4, 0.5) is 26.3 Å². The van der Waals surface area contributed by atoms with Crippen LogP contribution in [0.2, 0.25) is 0 Å². The number of hydrogen-bond acceptors (Lipinski definition) is 5. The molecular weight excluding hydrogens is 530 g/mol. The first-order chi connectivity index (χ1) is 18.3. The normalized spacial score (nSPS) is 22.7. The molecule has 2 fully saturated rings. The molecule has 1 aromatic rings. The first-order valence-corrected chi connectivity index (χ1v) is 12.7. The number of halogens is 6. The van der Waals surface area contributed by atoms with Gasteiger partial charge in [-0.15, -0.1) is 0 Å². The summed E-state index contributed by atoms with van der Waals surface area (Å²) in [6.07, 6.45) is -4.37. The highest BCUT2D eigenvalue weighted by atomic mass is 19.4. The fourth-order valence-electron chi connectivity index (χ4n) is 5.36. The molecule has 0 aromatic heterocycles. The number of piperazine rings is 1. The number of aliphatic hydroxyl groups is 1. The molecule has 3 aliphatic heterocycles. The van der Waals surface area contributed by atoms with Crippen LogP contribution in [0.3, 0.4) is 0 Å². The number of carbonyl (C=O) groups excluding carboxylic acids is 2. The molecule has 0 saturated carbocycles. The van der Waals surface area contributed by atoms with Crippen molar-refractivity contribution in [1.29, 1.82) is 0 Å². The molecule has 2 saturated heterocycles. The minimum Gasteiger partial charge on any atom is -0.391 e. The first kappa shape index (κ1) is 28.9. The molecular formula is C26H30F6N4O3. The zero-order chi connectivity index (χ0) is 28.6. The van der Waals surface area contributed by atoms with Crippen molar-refractivity contribution in [3.8, 4) is 0 Å². The van der Waals surface area contributed by atoms with Crippen LogP contribution in [0.5, 0.6) is 0 Å². The maximum Gasteiger partial charge on any atom is 0.431 e. The summed E-state index contributed by atoms with van der Waals surface area (Å²) in [5, 5.41) is 9.89. The van der Waals surface area contributed by atoms with Crippen LogP contribution in [0, 0.1) is 23.4 Å². The Bertz CT molecular complexity index is 1200. The molecule has 39 heavy (non-hydrogen) atoms. The van der Waals surface area contributed by atoms with Crippen LogP contribution in [0.25, 0.3) is 0 Å². The first-order valence-electron chi connectivity index (χ1n) is 12.7. The van der Waals surface area contributed by atoms with E-state index in [2.05, 4.69) is 0 Å². The molecule has 0 bridgehead atoms. The van der Waals surface area contributed by atoms with E-state index in [4.69, 9.17) is 5.73 Å². The molecule has 7 nitrogen and oxygen atoms in total.